The van der Waals surface area contributed by atoms with Crippen LogP contribution < -0.4 is 5.73 Å². The molecule has 0 saturated heterocycles. The van der Waals surface area contributed by atoms with Gasteiger partial charge in [-0.15, -0.1) is 11.3 Å². The van der Waals surface area contributed by atoms with Crippen LogP contribution in [0.15, 0.2) is 12.1 Å². The standard InChI is InChI=1S/C9H14ClNOS/c1-3-12-9(6(2)11)7-4-5-8(10)13-7/h4-6,9H,3,11H2,1-2H3. The Balaban J connectivity index is 2.75. The third kappa shape index (κ3) is 2.95. The predicted molar refractivity (Wildman–Crippen MR) is 57.3 cm³/mol. The lowest BCUT2D eigenvalue weighted by molar-refractivity contribution is 0.0500. The van der Waals surface area contributed by atoms with Crippen LogP contribution in [0.25, 0.3) is 0 Å². The maximum absolute atomic E-state index is 5.83. The van der Waals surface area contributed by atoms with Gasteiger partial charge in [0.25, 0.3) is 0 Å². The number of nitrogens with two attached hydrogens (primary N) is 1. The van der Waals surface area contributed by atoms with E-state index in [9.17, 15) is 0 Å². The van der Waals surface area contributed by atoms with E-state index >= 15 is 0 Å². The highest BCUT2D eigenvalue weighted by atomic mass is 35.5. The smallest absolute Gasteiger partial charge is 0.106 e. The Morgan fingerprint density at radius 1 is 1.62 bits per heavy atom. The summed E-state index contributed by atoms with van der Waals surface area (Å²) in [5, 5.41) is 0. The molecule has 1 aromatic rings. The first kappa shape index (κ1) is 11.0. The van der Waals surface area contributed by atoms with Gasteiger partial charge in [-0.2, -0.15) is 0 Å². The summed E-state index contributed by atoms with van der Waals surface area (Å²) in [5.74, 6) is 0. The van der Waals surface area contributed by atoms with Gasteiger partial charge < -0.3 is 10.5 Å². The zero-order chi connectivity index (χ0) is 9.84. The van der Waals surface area contributed by atoms with Crippen molar-refractivity contribution in [2.24, 2.45) is 5.73 Å². The summed E-state index contributed by atoms with van der Waals surface area (Å²) >= 11 is 7.36. The molecule has 0 spiro atoms. The molecule has 0 aromatic carbocycles. The molecule has 0 bridgehead atoms. The Bertz CT molecular complexity index is 262. The molecule has 2 nitrogen and oxygen atoms in total. The van der Waals surface area contributed by atoms with Crippen LogP contribution in [0, 0.1) is 0 Å². The first-order chi connectivity index (χ1) is 6.15. The fraction of sp³-hybridized carbons (Fsp3) is 0.556. The van der Waals surface area contributed by atoms with E-state index in [0.29, 0.717) is 6.61 Å². The molecule has 0 radical (unpaired) electrons. The van der Waals surface area contributed by atoms with Gasteiger partial charge in [0.1, 0.15) is 6.10 Å². The highest BCUT2D eigenvalue weighted by molar-refractivity contribution is 7.16. The van der Waals surface area contributed by atoms with Gasteiger partial charge in [0, 0.05) is 17.5 Å². The third-order valence-electron chi connectivity index (χ3n) is 1.70. The minimum absolute atomic E-state index is 0.00494. The van der Waals surface area contributed by atoms with Gasteiger partial charge in [-0.1, -0.05) is 11.6 Å². The molecular formula is C9H14ClNOS. The Hall–Kier alpha value is -0.0900. The summed E-state index contributed by atoms with van der Waals surface area (Å²) < 4.78 is 6.31. The normalized spacial score (nSPS) is 15.7. The van der Waals surface area contributed by atoms with E-state index < -0.39 is 0 Å². The van der Waals surface area contributed by atoms with E-state index in [1.165, 1.54) is 11.3 Å². The molecule has 13 heavy (non-hydrogen) atoms. The lowest BCUT2D eigenvalue weighted by Crippen LogP contribution is -2.26. The topological polar surface area (TPSA) is 35.2 Å². The number of thiophene rings is 1. The average Bonchev–Trinajstić information content (AvgIpc) is 2.46. The summed E-state index contributed by atoms with van der Waals surface area (Å²) in [6.45, 7) is 4.57. The molecule has 0 aliphatic rings. The highest BCUT2D eigenvalue weighted by Gasteiger charge is 2.17. The van der Waals surface area contributed by atoms with Gasteiger partial charge >= 0.3 is 0 Å². The van der Waals surface area contributed by atoms with Crippen molar-refractivity contribution < 1.29 is 4.74 Å². The van der Waals surface area contributed by atoms with Crippen LogP contribution in [-0.4, -0.2) is 12.6 Å². The van der Waals surface area contributed by atoms with Crippen LogP contribution in [0.2, 0.25) is 4.34 Å². The number of halogens is 1. The Morgan fingerprint density at radius 2 is 2.31 bits per heavy atom. The summed E-state index contributed by atoms with van der Waals surface area (Å²) in [7, 11) is 0. The fourth-order valence-corrected chi connectivity index (χ4v) is 2.38. The minimum Gasteiger partial charge on any atom is -0.371 e. The van der Waals surface area contributed by atoms with Crippen molar-refractivity contribution in [3.63, 3.8) is 0 Å². The molecule has 1 aromatic heterocycles. The van der Waals surface area contributed by atoms with Crippen LogP contribution in [0.3, 0.4) is 0 Å². The monoisotopic (exact) mass is 219 g/mol. The zero-order valence-electron chi connectivity index (χ0n) is 7.79. The van der Waals surface area contributed by atoms with Crippen LogP contribution in [0.5, 0.6) is 0 Å². The summed E-state index contributed by atoms with van der Waals surface area (Å²) in [5.41, 5.74) is 5.80. The minimum atomic E-state index is -0.0255. The molecule has 2 unspecified atom stereocenters. The van der Waals surface area contributed by atoms with Crippen molar-refractivity contribution in [2.45, 2.75) is 26.0 Å². The number of ether oxygens (including phenoxy) is 1. The molecule has 0 aliphatic carbocycles. The van der Waals surface area contributed by atoms with Gasteiger partial charge in [0.15, 0.2) is 0 Å². The largest absolute Gasteiger partial charge is 0.371 e. The van der Waals surface area contributed by atoms with E-state index in [1.807, 2.05) is 26.0 Å². The second kappa shape index (κ2) is 4.96. The number of hydrogen-bond acceptors (Lipinski definition) is 3. The van der Waals surface area contributed by atoms with Gasteiger partial charge in [-0.25, -0.2) is 0 Å². The lowest BCUT2D eigenvalue weighted by Gasteiger charge is -2.18. The molecule has 74 valence electrons. The van der Waals surface area contributed by atoms with Crippen LogP contribution in [0.4, 0.5) is 0 Å². The Kier molecular flexibility index (Phi) is 4.19. The molecule has 2 N–H and O–H groups in total. The maximum Gasteiger partial charge on any atom is 0.106 e. The van der Waals surface area contributed by atoms with Gasteiger partial charge in [0.2, 0.25) is 0 Å². The second-order valence-corrected chi connectivity index (χ2v) is 4.62. The van der Waals surface area contributed by atoms with Crippen LogP contribution >= 0.6 is 22.9 Å². The van der Waals surface area contributed by atoms with E-state index in [0.717, 1.165) is 9.21 Å². The van der Waals surface area contributed by atoms with Gasteiger partial charge in [-0.3, -0.25) is 0 Å². The first-order valence-electron chi connectivity index (χ1n) is 4.27. The summed E-state index contributed by atoms with van der Waals surface area (Å²) in [4.78, 5) is 1.10. The number of hydrogen-bond donors (Lipinski definition) is 1. The van der Waals surface area contributed by atoms with E-state index in [-0.39, 0.29) is 12.1 Å². The predicted octanol–water partition coefficient (Wildman–Crippen LogP) is 2.83. The van der Waals surface area contributed by atoms with Crippen molar-refractivity contribution >= 4 is 22.9 Å². The highest BCUT2D eigenvalue weighted by Crippen LogP contribution is 2.30. The summed E-state index contributed by atoms with van der Waals surface area (Å²) in [6.07, 6.45) is -0.0255. The molecule has 4 heteroatoms. The second-order valence-electron chi connectivity index (χ2n) is 2.88. The Morgan fingerprint density at radius 3 is 2.69 bits per heavy atom. The molecule has 0 fully saturated rings. The van der Waals surface area contributed by atoms with Crippen molar-refractivity contribution in [2.75, 3.05) is 6.61 Å². The maximum atomic E-state index is 5.83. The van der Waals surface area contributed by atoms with E-state index in [4.69, 9.17) is 22.1 Å². The van der Waals surface area contributed by atoms with Crippen LogP contribution in [-0.2, 0) is 4.74 Å². The number of rotatable bonds is 4. The lowest BCUT2D eigenvalue weighted by atomic mass is 10.1. The molecule has 0 aliphatic heterocycles. The first-order valence-corrected chi connectivity index (χ1v) is 5.47. The zero-order valence-corrected chi connectivity index (χ0v) is 9.36. The van der Waals surface area contributed by atoms with E-state index in [1.54, 1.807) is 0 Å². The average molecular weight is 220 g/mol. The SMILES string of the molecule is CCOC(c1ccc(Cl)s1)C(C)N. The van der Waals surface area contributed by atoms with Crippen molar-refractivity contribution in [3.05, 3.63) is 21.3 Å². The molecule has 2 atom stereocenters. The Labute approximate surface area is 87.7 Å². The molecule has 0 amide bonds. The van der Waals surface area contributed by atoms with Gasteiger partial charge in [0.05, 0.1) is 4.34 Å². The van der Waals surface area contributed by atoms with Crippen LogP contribution in [0.1, 0.15) is 24.8 Å². The van der Waals surface area contributed by atoms with Crippen molar-refractivity contribution in [1.29, 1.82) is 0 Å². The van der Waals surface area contributed by atoms with Crippen molar-refractivity contribution in [3.8, 4) is 0 Å². The molecular weight excluding hydrogens is 206 g/mol. The van der Waals surface area contributed by atoms with Crippen molar-refractivity contribution in [1.82, 2.24) is 0 Å². The quantitative estimate of drug-likeness (QED) is 0.845. The fourth-order valence-electron chi connectivity index (χ4n) is 1.15. The molecule has 0 saturated carbocycles. The third-order valence-corrected chi connectivity index (χ3v) is 2.99. The molecule has 1 rings (SSSR count). The van der Waals surface area contributed by atoms with Gasteiger partial charge in [-0.05, 0) is 26.0 Å². The summed E-state index contributed by atoms with van der Waals surface area (Å²) in [6, 6.07) is 3.83. The van der Waals surface area contributed by atoms with E-state index in [2.05, 4.69) is 0 Å². The molecule has 1 heterocycles.